The molecule has 0 saturated carbocycles. The molecule has 0 unspecified atom stereocenters. The van der Waals surface area contributed by atoms with E-state index in [2.05, 4.69) is 52.6 Å². The van der Waals surface area contributed by atoms with E-state index in [1.54, 1.807) is 25.3 Å². The molecule has 8 heteroatoms. The summed E-state index contributed by atoms with van der Waals surface area (Å²) in [6.45, 7) is 8.22. The van der Waals surface area contributed by atoms with Crippen LogP contribution in [0, 0.1) is 6.92 Å². The van der Waals surface area contributed by atoms with Gasteiger partial charge < -0.3 is 13.7 Å². The predicted molar refractivity (Wildman–Crippen MR) is 132 cm³/mol. The fourth-order valence-corrected chi connectivity index (χ4v) is 7.23. The molecule has 3 aromatic rings. The molecule has 2 aromatic carbocycles. The van der Waals surface area contributed by atoms with Gasteiger partial charge in [-0.1, -0.05) is 48.3 Å². The molecule has 160 valence electrons. The zero-order valence-electron chi connectivity index (χ0n) is 17.4. The summed E-state index contributed by atoms with van der Waals surface area (Å²) in [5.74, 6) is 2.10. The molecule has 1 atom stereocenters. The van der Waals surface area contributed by atoms with E-state index in [0.29, 0.717) is 27.7 Å². The molecule has 0 aliphatic carbocycles. The number of nitrogens with zero attached hydrogens (tertiary/aromatic N) is 1. The highest BCUT2D eigenvalue weighted by molar-refractivity contribution is 9.11. The van der Waals surface area contributed by atoms with Crippen molar-refractivity contribution in [1.29, 1.82) is 0 Å². The van der Waals surface area contributed by atoms with Crippen molar-refractivity contribution in [2.45, 2.75) is 32.9 Å². The third kappa shape index (κ3) is 4.83. The maximum Gasteiger partial charge on any atom is 0.207 e. The van der Waals surface area contributed by atoms with Gasteiger partial charge in [-0.3, -0.25) is 0 Å². The van der Waals surface area contributed by atoms with Crippen LogP contribution in [0.1, 0.15) is 26.5 Å². The summed E-state index contributed by atoms with van der Waals surface area (Å²) in [7, 11) is -1.17. The second-order valence-electron chi connectivity index (χ2n) is 7.71. The maximum atomic E-state index is 6.78. The monoisotopic (exact) mass is 573 g/mol. The van der Waals surface area contributed by atoms with E-state index in [1.807, 2.05) is 37.3 Å². The van der Waals surface area contributed by atoms with Crippen molar-refractivity contribution in [3.8, 4) is 11.5 Å². The number of hydrogen-bond acceptors (Lipinski definition) is 4. The molecular formula is C22H23Br2ClNO3P. The lowest BCUT2D eigenvalue weighted by atomic mass is 10.3. The Morgan fingerprint density at radius 3 is 2.27 bits per heavy atom. The number of ether oxygens (including phenoxy) is 1. The molecule has 0 fully saturated rings. The smallest absolute Gasteiger partial charge is 0.207 e. The van der Waals surface area contributed by atoms with E-state index < -0.39 is 12.4 Å². The molecule has 1 heterocycles. The number of furan rings is 1. The van der Waals surface area contributed by atoms with Crippen LogP contribution in [0.4, 0.5) is 5.69 Å². The third-order valence-corrected chi connectivity index (χ3v) is 9.41. The fraction of sp³-hybridized carbons (Fsp3) is 0.273. The summed E-state index contributed by atoms with van der Waals surface area (Å²) >= 11 is 13.4. The van der Waals surface area contributed by atoms with Gasteiger partial charge >= 0.3 is 0 Å². The lowest BCUT2D eigenvalue weighted by Crippen LogP contribution is -2.26. The van der Waals surface area contributed by atoms with Crippen LogP contribution in [0.15, 0.2) is 66.6 Å². The second-order valence-corrected chi connectivity index (χ2v) is 13.2. The van der Waals surface area contributed by atoms with Crippen LogP contribution in [-0.4, -0.2) is 12.3 Å². The summed E-state index contributed by atoms with van der Waals surface area (Å²) < 4.78 is 25.4. The SMILES string of the molecule is COc1ccc(Cl)cc1N=[P@](Oc1ccc(Br)cc1Br)(c1ccc(C)o1)C(C)(C)C. The molecule has 0 N–H and O–H groups in total. The summed E-state index contributed by atoms with van der Waals surface area (Å²) in [5.41, 5.74) is 1.32. The van der Waals surface area contributed by atoms with Crippen molar-refractivity contribution in [2.75, 3.05) is 7.11 Å². The summed E-state index contributed by atoms with van der Waals surface area (Å²) in [6, 6.07) is 15.0. The first-order valence-electron chi connectivity index (χ1n) is 9.23. The average molecular weight is 576 g/mol. The molecule has 1 aromatic heterocycles. The highest BCUT2D eigenvalue weighted by Gasteiger charge is 2.42. The van der Waals surface area contributed by atoms with E-state index >= 15 is 0 Å². The van der Waals surface area contributed by atoms with E-state index in [-0.39, 0.29) is 0 Å². The minimum Gasteiger partial charge on any atom is -0.494 e. The zero-order valence-corrected chi connectivity index (χ0v) is 22.2. The van der Waals surface area contributed by atoms with Crippen LogP contribution in [-0.2, 0) is 0 Å². The Kier molecular flexibility index (Phi) is 7.13. The van der Waals surface area contributed by atoms with Crippen LogP contribution >= 0.6 is 50.7 Å². The number of halogens is 3. The van der Waals surface area contributed by atoms with Crippen molar-refractivity contribution < 1.29 is 13.7 Å². The first-order valence-corrected chi connectivity index (χ1v) is 12.9. The van der Waals surface area contributed by atoms with Gasteiger partial charge in [-0.15, -0.1) is 0 Å². The number of aryl methyl sites for hydroxylation is 1. The van der Waals surface area contributed by atoms with Crippen LogP contribution in [0.2, 0.25) is 5.02 Å². The van der Waals surface area contributed by atoms with Crippen LogP contribution < -0.4 is 14.8 Å². The van der Waals surface area contributed by atoms with Crippen molar-refractivity contribution in [3.05, 3.63) is 68.3 Å². The minimum atomic E-state index is -2.78. The molecule has 30 heavy (non-hydrogen) atoms. The first-order chi connectivity index (χ1) is 14.1. The normalized spacial score (nSPS) is 13.6. The van der Waals surface area contributed by atoms with Gasteiger partial charge in [0.05, 0.1) is 11.6 Å². The van der Waals surface area contributed by atoms with Gasteiger partial charge in [-0.2, -0.15) is 0 Å². The lowest BCUT2D eigenvalue weighted by molar-refractivity contribution is 0.416. The van der Waals surface area contributed by atoms with Crippen molar-refractivity contribution in [3.63, 3.8) is 0 Å². The van der Waals surface area contributed by atoms with Crippen LogP contribution in [0.25, 0.3) is 0 Å². The predicted octanol–water partition coefficient (Wildman–Crippen LogP) is 8.73. The second kappa shape index (κ2) is 9.12. The molecular weight excluding hydrogens is 552 g/mol. The van der Waals surface area contributed by atoms with E-state index in [1.165, 1.54) is 0 Å². The first kappa shape index (κ1) is 23.5. The van der Waals surface area contributed by atoms with E-state index in [9.17, 15) is 0 Å². The molecule has 0 radical (unpaired) electrons. The van der Waals surface area contributed by atoms with Crippen molar-refractivity contribution in [1.82, 2.24) is 0 Å². The molecule has 3 rings (SSSR count). The third-order valence-electron chi connectivity index (χ3n) is 4.45. The van der Waals surface area contributed by atoms with Crippen molar-refractivity contribution in [2.24, 2.45) is 4.74 Å². The molecule has 4 nitrogen and oxygen atoms in total. The standard InChI is InChI=1S/C22H23Br2ClNO3P/c1-14-6-11-21(28-14)30(22(2,3)4,29-19-9-7-15(23)12-17(19)24)26-18-13-16(25)8-10-20(18)27-5/h6-13H,1-5H3/t30-/m0/s1. The highest BCUT2D eigenvalue weighted by Crippen LogP contribution is 2.63. The Morgan fingerprint density at radius 1 is 1.00 bits per heavy atom. The Hall–Kier alpha value is -1.20. The van der Waals surface area contributed by atoms with E-state index in [0.717, 1.165) is 14.7 Å². The molecule has 0 saturated heterocycles. The molecule has 0 aliphatic heterocycles. The zero-order chi connectivity index (χ0) is 22.1. The summed E-state index contributed by atoms with van der Waals surface area (Å²) in [4.78, 5) is 0. The summed E-state index contributed by atoms with van der Waals surface area (Å²) in [5, 5.41) is 0.180. The van der Waals surface area contributed by atoms with Gasteiger partial charge in [0, 0.05) is 14.7 Å². The number of hydrogen-bond donors (Lipinski definition) is 0. The molecule has 0 amide bonds. The lowest BCUT2D eigenvalue weighted by Gasteiger charge is -2.35. The Labute approximate surface area is 199 Å². The fourth-order valence-electron chi connectivity index (χ4n) is 2.90. The highest BCUT2D eigenvalue weighted by atomic mass is 79.9. The van der Waals surface area contributed by atoms with Gasteiger partial charge in [-0.05, 0) is 71.4 Å². The Morgan fingerprint density at radius 2 is 1.70 bits per heavy atom. The quantitative estimate of drug-likeness (QED) is 0.286. The van der Waals surface area contributed by atoms with Crippen LogP contribution in [0.5, 0.6) is 11.5 Å². The van der Waals surface area contributed by atoms with Gasteiger partial charge in [0.15, 0.2) is 5.50 Å². The van der Waals surface area contributed by atoms with Gasteiger partial charge in [0.2, 0.25) is 7.28 Å². The molecule has 0 aliphatic rings. The van der Waals surface area contributed by atoms with Crippen molar-refractivity contribution >= 4 is 61.9 Å². The Balaban J connectivity index is 2.36. The molecule has 0 bridgehead atoms. The number of benzene rings is 2. The number of rotatable bonds is 5. The van der Waals surface area contributed by atoms with Gasteiger partial charge in [0.25, 0.3) is 0 Å². The maximum absolute atomic E-state index is 6.78. The van der Waals surface area contributed by atoms with Gasteiger partial charge in [0.1, 0.15) is 22.9 Å². The number of methoxy groups -OCH3 is 1. The largest absolute Gasteiger partial charge is 0.494 e. The summed E-state index contributed by atoms with van der Waals surface area (Å²) in [6.07, 6.45) is 0. The minimum absolute atomic E-state index is 0.392. The Bertz CT molecular complexity index is 1120. The van der Waals surface area contributed by atoms with E-state index in [4.69, 9.17) is 30.0 Å². The topological polar surface area (TPSA) is 44.0 Å². The molecule has 0 spiro atoms. The average Bonchev–Trinajstić information content (AvgIpc) is 3.09. The van der Waals surface area contributed by atoms with Crippen LogP contribution in [0.3, 0.4) is 0 Å². The van der Waals surface area contributed by atoms with Gasteiger partial charge in [-0.25, -0.2) is 4.74 Å².